The first kappa shape index (κ1) is 65.8. The van der Waals surface area contributed by atoms with Crippen LogP contribution in [0.25, 0.3) is 0 Å². The molecule has 0 saturated heterocycles. The Morgan fingerprint density at radius 1 is 0.314 bits per heavy atom. The third kappa shape index (κ3) is 56.4. The van der Waals surface area contributed by atoms with Crippen LogP contribution in [-0.2, 0) is 23.8 Å². The summed E-state index contributed by atoms with van der Waals surface area (Å²) in [6, 6.07) is 0. The van der Waals surface area contributed by atoms with Gasteiger partial charge in [-0.25, -0.2) is 0 Å². The van der Waals surface area contributed by atoms with Crippen LogP contribution in [0.1, 0.15) is 226 Å². The van der Waals surface area contributed by atoms with Gasteiger partial charge in [0.2, 0.25) is 0 Å². The highest BCUT2D eigenvalue weighted by Crippen LogP contribution is 2.13. The SMILES string of the molecule is CC/C=C\C/C=C\C/C=C\C/C=C\CCCCCCCCCOCC(COC(=O)CCCCCCCC/C=C\C/C=C\C/C=C\C/C=C\CC)OC(=O)CCCC/C=C\C/C=C\C/C=C\C/C=C\CC. The molecular formula is C65H104O5. The van der Waals surface area contributed by atoms with Crippen LogP contribution >= 0.6 is 0 Å². The van der Waals surface area contributed by atoms with Crippen LogP contribution in [0.2, 0.25) is 0 Å². The van der Waals surface area contributed by atoms with Gasteiger partial charge in [-0.15, -0.1) is 0 Å². The third-order valence-corrected chi connectivity index (χ3v) is 11.4. The molecule has 5 heteroatoms. The van der Waals surface area contributed by atoms with E-state index in [1.807, 2.05) is 0 Å². The second-order valence-corrected chi connectivity index (χ2v) is 18.0. The van der Waals surface area contributed by atoms with Crippen molar-refractivity contribution in [1.29, 1.82) is 0 Å². The number of rotatable bonds is 50. The summed E-state index contributed by atoms with van der Waals surface area (Å²) in [5.41, 5.74) is 0. The van der Waals surface area contributed by atoms with Crippen molar-refractivity contribution in [2.45, 2.75) is 232 Å². The van der Waals surface area contributed by atoms with Gasteiger partial charge in [0.05, 0.1) is 6.61 Å². The molecule has 0 aliphatic heterocycles. The van der Waals surface area contributed by atoms with Gasteiger partial charge in [0.25, 0.3) is 0 Å². The van der Waals surface area contributed by atoms with Crippen molar-refractivity contribution in [2.24, 2.45) is 0 Å². The fourth-order valence-electron chi connectivity index (χ4n) is 7.25. The molecule has 5 nitrogen and oxygen atoms in total. The zero-order chi connectivity index (χ0) is 50.6. The molecule has 0 rings (SSSR count). The Kier molecular flexibility index (Phi) is 55.5. The van der Waals surface area contributed by atoms with Gasteiger partial charge in [-0.2, -0.15) is 0 Å². The molecule has 0 N–H and O–H groups in total. The monoisotopic (exact) mass is 965 g/mol. The molecular weight excluding hydrogens is 861 g/mol. The molecule has 0 aromatic heterocycles. The van der Waals surface area contributed by atoms with Crippen LogP contribution in [0.4, 0.5) is 0 Å². The summed E-state index contributed by atoms with van der Waals surface area (Å²) in [6.45, 7) is 7.39. The molecule has 0 heterocycles. The first-order chi connectivity index (χ1) is 34.6. The van der Waals surface area contributed by atoms with Crippen LogP contribution in [0, 0.1) is 0 Å². The number of esters is 2. The van der Waals surface area contributed by atoms with Gasteiger partial charge < -0.3 is 14.2 Å². The van der Waals surface area contributed by atoms with E-state index in [1.54, 1.807) is 0 Å². The van der Waals surface area contributed by atoms with Gasteiger partial charge in [0, 0.05) is 19.4 Å². The normalized spacial score (nSPS) is 13.4. The molecule has 0 aromatic carbocycles. The Balaban J connectivity index is 4.41. The highest BCUT2D eigenvalue weighted by Gasteiger charge is 2.17. The molecule has 1 unspecified atom stereocenters. The second-order valence-electron chi connectivity index (χ2n) is 18.0. The number of carbonyl (C=O) groups excluding carboxylic acids is 2. The van der Waals surface area contributed by atoms with Gasteiger partial charge in [0.1, 0.15) is 6.61 Å². The number of unbranched alkanes of at least 4 members (excludes halogenated alkanes) is 15. The quantitative estimate of drug-likeness (QED) is 0.0345. The zero-order valence-corrected chi connectivity index (χ0v) is 45.2. The van der Waals surface area contributed by atoms with Crippen molar-refractivity contribution in [3.05, 3.63) is 146 Å². The van der Waals surface area contributed by atoms with Crippen molar-refractivity contribution in [3.63, 3.8) is 0 Å². The summed E-state index contributed by atoms with van der Waals surface area (Å²) in [5.74, 6) is -0.476. The maximum absolute atomic E-state index is 12.8. The van der Waals surface area contributed by atoms with Crippen LogP contribution in [0.15, 0.2) is 146 Å². The molecule has 394 valence electrons. The van der Waals surface area contributed by atoms with Gasteiger partial charge in [-0.3, -0.25) is 9.59 Å². The summed E-state index contributed by atoms with van der Waals surface area (Å²) in [6.07, 6.45) is 85.8. The number of ether oxygens (including phenoxy) is 3. The van der Waals surface area contributed by atoms with E-state index in [0.29, 0.717) is 19.4 Å². The summed E-state index contributed by atoms with van der Waals surface area (Å²) in [4.78, 5) is 25.5. The fraction of sp³-hybridized carbons (Fsp3) is 0.600. The maximum atomic E-state index is 12.8. The third-order valence-electron chi connectivity index (χ3n) is 11.4. The maximum Gasteiger partial charge on any atom is 0.306 e. The zero-order valence-electron chi connectivity index (χ0n) is 45.2. The number of carbonyl (C=O) groups is 2. The Morgan fingerprint density at radius 3 is 0.986 bits per heavy atom. The van der Waals surface area contributed by atoms with Crippen molar-refractivity contribution >= 4 is 11.9 Å². The van der Waals surface area contributed by atoms with Crippen LogP contribution in [0.5, 0.6) is 0 Å². The summed E-state index contributed by atoms with van der Waals surface area (Å²) in [7, 11) is 0. The fourth-order valence-corrected chi connectivity index (χ4v) is 7.25. The minimum atomic E-state index is -0.582. The van der Waals surface area contributed by atoms with E-state index in [1.165, 1.54) is 51.4 Å². The molecule has 0 spiro atoms. The first-order valence-corrected chi connectivity index (χ1v) is 28.4. The molecule has 0 fully saturated rings. The van der Waals surface area contributed by atoms with Gasteiger partial charge in [-0.1, -0.05) is 224 Å². The van der Waals surface area contributed by atoms with Gasteiger partial charge in [0.15, 0.2) is 6.10 Å². The smallest absolute Gasteiger partial charge is 0.306 e. The molecule has 0 radical (unpaired) electrons. The van der Waals surface area contributed by atoms with Crippen molar-refractivity contribution in [2.75, 3.05) is 19.8 Å². The van der Waals surface area contributed by atoms with Crippen molar-refractivity contribution < 1.29 is 23.8 Å². The summed E-state index contributed by atoms with van der Waals surface area (Å²) >= 11 is 0. The Labute approximate surface area is 431 Å². The molecule has 0 aromatic rings. The molecule has 0 bridgehead atoms. The molecule has 0 aliphatic carbocycles. The Hall–Kier alpha value is -4.22. The Bertz CT molecular complexity index is 1510. The van der Waals surface area contributed by atoms with E-state index in [0.717, 1.165) is 141 Å². The highest BCUT2D eigenvalue weighted by atomic mass is 16.6. The van der Waals surface area contributed by atoms with E-state index in [9.17, 15) is 9.59 Å². The van der Waals surface area contributed by atoms with Crippen LogP contribution in [0.3, 0.4) is 0 Å². The predicted molar refractivity (Wildman–Crippen MR) is 306 cm³/mol. The van der Waals surface area contributed by atoms with E-state index < -0.39 is 6.10 Å². The number of allylic oxidation sites excluding steroid dienone is 24. The standard InChI is InChI=1S/C65H104O5/c1-4-7-10-13-16-19-22-25-28-30-32-34-36-39-42-45-48-51-54-57-60-68-61-63(70-65(67)59-56-53-50-47-44-41-37-27-24-21-18-15-12-9-6-3)62-69-64(66)58-55-52-49-46-43-40-38-35-33-31-29-26-23-20-17-14-11-8-5-2/h7-12,16-21,25-29,32-35,37,44,47,63H,4-6,13-15,22-24,30-31,36,38-43,45-46,48-62H2,1-3H3/b10-7-,11-8-,12-9-,19-16-,20-17-,21-18-,28-25-,29-26-,34-32-,35-33-,37-27-,47-44-. The van der Waals surface area contributed by atoms with Crippen molar-refractivity contribution in [1.82, 2.24) is 0 Å². The topological polar surface area (TPSA) is 61.8 Å². The van der Waals surface area contributed by atoms with E-state index >= 15 is 0 Å². The van der Waals surface area contributed by atoms with Crippen LogP contribution < -0.4 is 0 Å². The molecule has 0 saturated carbocycles. The van der Waals surface area contributed by atoms with E-state index in [-0.39, 0.29) is 25.2 Å². The lowest BCUT2D eigenvalue weighted by Gasteiger charge is -2.18. The van der Waals surface area contributed by atoms with Gasteiger partial charge >= 0.3 is 11.9 Å². The molecule has 0 amide bonds. The van der Waals surface area contributed by atoms with E-state index in [2.05, 4.69) is 167 Å². The lowest BCUT2D eigenvalue weighted by Crippen LogP contribution is -2.30. The van der Waals surface area contributed by atoms with Crippen LogP contribution in [-0.4, -0.2) is 37.9 Å². The second kappa shape index (κ2) is 59.1. The highest BCUT2D eigenvalue weighted by molar-refractivity contribution is 5.70. The summed E-state index contributed by atoms with van der Waals surface area (Å²) < 4.78 is 17.4. The Morgan fingerprint density at radius 2 is 0.600 bits per heavy atom. The minimum absolute atomic E-state index is 0.0464. The van der Waals surface area contributed by atoms with E-state index in [4.69, 9.17) is 14.2 Å². The molecule has 0 aliphatic rings. The summed E-state index contributed by atoms with van der Waals surface area (Å²) in [5, 5.41) is 0. The lowest BCUT2D eigenvalue weighted by atomic mass is 10.1. The average Bonchev–Trinajstić information content (AvgIpc) is 3.36. The van der Waals surface area contributed by atoms with Gasteiger partial charge in [-0.05, 0) is 135 Å². The predicted octanol–water partition coefficient (Wildman–Crippen LogP) is 19.7. The minimum Gasteiger partial charge on any atom is -0.462 e. The first-order valence-electron chi connectivity index (χ1n) is 28.4. The molecule has 1 atom stereocenters. The number of hydrogen-bond donors (Lipinski definition) is 0. The average molecular weight is 966 g/mol. The lowest BCUT2D eigenvalue weighted by molar-refractivity contribution is -0.163. The van der Waals surface area contributed by atoms with Crippen molar-refractivity contribution in [3.8, 4) is 0 Å². The molecule has 70 heavy (non-hydrogen) atoms. The number of hydrogen-bond acceptors (Lipinski definition) is 5. The largest absolute Gasteiger partial charge is 0.462 e.